The van der Waals surface area contributed by atoms with Crippen LogP contribution in [0.1, 0.15) is 34.1 Å². The van der Waals surface area contributed by atoms with Crippen LogP contribution >= 0.6 is 11.6 Å². The summed E-state index contributed by atoms with van der Waals surface area (Å²) in [7, 11) is 1.75. The molecular weight excluding hydrogens is 419 g/mol. The van der Waals surface area contributed by atoms with Gasteiger partial charge in [0.15, 0.2) is 0 Å². The average molecular weight is 449 g/mol. The number of hydrogen-bond acceptors (Lipinski definition) is 3. The number of carbonyl (C=O) groups excluding carboxylic acids is 2. The van der Waals surface area contributed by atoms with Gasteiger partial charge in [0.2, 0.25) is 5.91 Å². The van der Waals surface area contributed by atoms with Gasteiger partial charge in [-0.3, -0.25) is 9.78 Å². The van der Waals surface area contributed by atoms with Crippen molar-refractivity contribution in [2.24, 2.45) is 5.92 Å². The fourth-order valence-electron chi connectivity index (χ4n) is 3.57. The Morgan fingerprint density at radius 3 is 2.52 bits per heavy atom. The molecule has 3 amide bonds. The summed E-state index contributed by atoms with van der Waals surface area (Å²) in [4.78, 5) is 32.6. The Morgan fingerprint density at radius 1 is 1.26 bits per heavy atom. The van der Waals surface area contributed by atoms with Crippen molar-refractivity contribution >= 4 is 29.2 Å². The van der Waals surface area contributed by atoms with Crippen LogP contribution in [-0.2, 0) is 4.79 Å². The zero-order valence-corrected chi connectivity index (χ0v) is 18.1. The summed E-state index contributed by atoms with van der Waals surface area (Å²) in [6, 6.07) is 7.41. The molecule has 31 heavy (non-hydrogen) atoms. The van der Waals surface area contributed by atoms with Crippen molar-refractivity contribution in [1.82, 2.24) is 14.8 Å². The van der Waals surface area contributed by atoms with Crippen LogP contribution in [0.25, 0.3) is 11.3 Å². The van der Waals surface area contributed by atoms with Gasteiger partial charge in [-0.15, -0.1) is 0 Å². The molecule has 1 saturated heterocycles. The first-order valence-electron chi connectivity index (χ1n) is 10.0. The van der Waals surface area contributed by atoms with Gasteiger partial charge in [0.05, 0.1) is 22.6 Å². The summed E-state index contributed by atoms with van der Waals surface area (Å²) in [6.07, 6.45) is 2.97. The quantitative estimate of drug-likeness (QED) is 0.691. The van der Waals surface area contributed by atoms with Gasteiger partial charge < -0.3 is 15.1 Å². The number of urea groups is 1. The highest BCUT2D eigenvalue weighted by Gasteiger charge is 2.28. The molecule has 0 spiro atoms. The second-order valence-corrected chi connectivity index (χ2v) is 8.22. The monoisotopic (exact) mass is 448 g/mol. The third-order valence-corrected chi connectivity index (χ3v) is 5.62. The molecule has 1 aliphatic heterocycles. The Morgan fingerprint density at radius 2 is 1.94 bits per heavy atom. The number of anilines is 1. The minimum absolute atomic E-state index is 0. The third-order valence-electron chi connectivity index (χ3n) is 5.33. The molecule has 168 valence electrons. The molecule has 2 aromatic rings. The molecule has 1 N–H and O–H groups in total. The number of amides is 3. The van der Waals surface area contributed by atoms with E-state index >= 15 is 0 Å². The smallest absolute Gasteiger partial charge is 0.321 e. The second kappa shape index (κ2) is 10.6. The zero-order valence-electron chi connectivity index (χ0n) is 17.4. The van der Waals surface area contributed by atoms with Crippen molar-refractivity contribution in [3.8, 4) is 11.3 Å². The number of benzene rings is 1. The summed E-state index contributed by atoms with van der Waals surface area (Å²) >= 11 is 6.31. The van der Waals surface area contributed by atoms with E-state index in [1.165, 1.54) is 18.3 Å². The fraction of sp³-hybridized carbons (Fsp3) is 0.435. The Kier molecular flexibility index (Phi) is 8.39. The normalized spacial score (nSPS) is 14.2. The lowest BCUT2D eigenvalue weighted by atomic mass is 10.0. The van der Waals surface area contributed by atoms with Crippen LogP contribution < -0.4 is 5.32 Å². The number of halogens is 2. The molecular formula is C23H30ClFN4O2. The SMILES string of the molecule is C.CC(C)C(=O)N1CCC(N(C)C(=O)Nc2cnc(-c3cccc(F)c3)c(Cl)c2)CC1. The number of likely N-dealkylation sites (tertiary alicyclic amines) is 1. The molecule has 3 rings (SSSR count). The molecule has 1 aliphatic rings. The van der Waals surface area contributed by atoms with Gasteiger partial charge in [-0.05, 0) is 31.0 Å². The van der Waals surface area contributed by atoms with E-state index in [4.69, 9.17) is 11.6 Å². The molecule has 0 unspecified atom stereocenters. The van der Waals surface area contributed by atoms with E-state index in [0.29, 0.717) is 35.1 Å². The summed E-state index contributed by atoms with van der Waals surface area (Å²) in [5.74, 6) is -0.236. The molecule has 2 heterocycles. The van der Waals surface area contributed by atoms with Crippen molar-refractivity contribution in [1.29, 1.82) is 0 Å². The number of rotatable bonds is 4. The van der Waals surface area contributed by atoms with Crippen molar-refractivity contribution in [2.75, 3.05) is 25.5 Å². The van der Waals surface area contributed by atoms with Gasteiger partial charge in [-0.2, -0.15) is 0 Å². The van der Waals surface area contributed by atoms with Crippen LogP contribution in [-0.4, -0.2) is 52.9 Å². The van der Waals surface area contributed by atoms with Crippen molar-refractivity contribution < 1.29 is 14.0 Å². The number of hydrogen-bond donors (Lipinski definition) is 1. The lowest BCUT2D eigenvalue weighted by molar-refractivity contribution is -0.135. The Labute approximate surface area is 188 Å². The molecule has 1 fully saturated rings. The number of piperidine rings is 1. The van der Waals surface area contributed by atoms with Crippen LogP contribution in [0.3, 0.4) is 0 Å². The molecule has 0 bridgehead atoms. The maximum absolute atomic E-state index is 13.5. The standard InChI is InChI=1S/C22H26ClFN4O2.CH4/c1-14(2)21(29)28-9-7-18(8-10-28)27(3)22(30)26-17-12-19(23)20(25-13-17)15-5-4-6-16(24)11-15;/h4-6,11-14,18H,7-10H2,1-3H3,(H,26,30);1H4. The topological polar surface area (TPSA) is 65.5 Å². The lowest BCUT2D eigenvalue weighted by Crippen LogP contribution is -2.49. The lowest BCUT2D eigenvalue weighted by Gasteiger charge is -2.37. The zero-order chi connectivity index (χ0) is 21.8. The van der Waals surface area contributed by atoms with Crippen molar-refractivity contribution in [3.63, 3.8) is 0 Å². The first-order chi connectivity index (χ1) is 14.3. The highest BCUT2D eigenvalue weighted by atomic mass is 35.5. The number of nitrogens with one attached hydrogen (secondary N) is 1. The number of carbonyl (C=O) groups is 2. The van der Waals surface area contributed by atoms with E-state index in [9.17, 15) is 14.0 Å². The minimum atomic E-state index is -0.370. The number of nitrogens with zero attached hydrogens (tertiary/aromatic N) is 3. The summed E-state index contributed by atoms with van der Waals surface area (Å²) < 4.78 is 13.5. The van der Waals surface area contributed by atoms with E-state index in [2.05, 4.69) is 10.3 Å². The van der Waals surface area contributed by atoms with Gasteiger partial charge in [0.25, 0.3) is 0 Å². The first kappa shape index (κ1) is 24.6. The van der Waals surface area contributed by atoms with Crippen LogP contribution in [0.2, 0.25) is 5.02 Å². The molecule has 0 aliphatic carbocycles. The van der Waals surface area contributed by atoms with Crippen molar-refractivity contribution in [3.05, 3.63) is 47.4 Å². The van der Waals surface area contributed by atoms with Crippen LogP contribution in [0.5, 0.6) is 0 Å². The Bertz CT molecular complexity index is 930. The molecule has 0 saturated carbocycles. The minimum Gasteiger partial charge on any atom is -0.342 e. The first-order valence-corrected chi connectivity index (χ1v) is 10.4. The van der Waals surface area contributed by atoms with Crippen LogP contribution in [0, 0.1) is 11.7 Å². The molecule has 6 nitrogen and oxygen atoms in total. The summed E-state index contributed by atoms with van der Waals surface area (Å²) in [5.41, 5.74) is 1.48. The largest absolute Gasteiger partial charge is 0.342 e. The predicted molar refractivity (Wildman–Crippen MR) is 123 cm³/mol. The molecule has 1 aromatic heterocycles. The predicted octanol–water partition coefficient (Wildman–Crippen LogP) is 5.29. The second-order valence-electron chi connectivity index (χ2n) is 7.82. The number of aromatic nitrogens is 1. The van der Waals surface area contributed by atoms with Crippen molar-refractivity contribution in [2.45, 2.75) is 40.2 Å². The van der Waals surface area contributed by atoms with E-state index in [0.717, 1.165) is 12.8 Å². The Balaban J connectivity index is 0.00000341. The van der Waals surface area contributed by atoms with Gasteiger partial charge in [0, 0.05) is 37.7 Å². The fourth-order valence-corrected chi connectivity index (χ4v) is 3.85. The number of pyridine rings is 1. The summed E-state index contributed by atoms with van der Waals surface area (Å²) in [5, 5.41) is 3.13. The molecule has 8 heteroatoms. The maximum atomic E-state index is 13.5. The van der Waals surface area contributed by atoms with Gasteiger partial charge in [0.1, 0.15) is 5.82 Å². The molecule has 1 aromatic carbocycles. The molecule has 0 atom stereocenters. The average Bonchev–Trinajstić information content (AvgIpc) is 2.72. The van der Waals surface area contributed by atoms with Crippen LogP contribution in [0.4, 0.5) is 14.9 Å². The van der Waals surface area contributed by atoms with Gasteiger partial charge >= 0.3 is 6.03 Å². The highest BCUT2D eigenvalue weighted by molar-refractivity contribution is 6.33. The van der Waals surface area contributed by atoms with Gasteiger partial charge in [-0.25, -0.2) is 9.18 Å². The molecule has 0 radical (unpaired) electrons. The van der Waals surface area contributed by atoms with Crippen LogP contribution in [0.15, 0.2) is 36.5 Å². The Hall–Kier alpha value is -2.67. The third kappa shape index (κ3) is 5.94. The highest BCUT2D eigenvalue weighted by Crippen LogP contribution is 2.28. The maximum Gasteiger partial charge on any atom is 0.321 e. The van der Waals surface area contributed by atoms with E-state index in [1.54, 1.807) is 30.1 Å². The van der Waals surface area contributed by atoms with E-state index < -0.39 is 0 Å². The van der Waals surface area contributed by atoms with E-state index in [1.807, 2.05) is 18.7 Å². The van der Waals surface area contributed by atoms with E-state index in [-0.39, 0.29) is 37.1 Å². The summed E-state index contributed by atoms with van der Waals surface area (Å²) in [6.45, 7) is 5.09. The van der Waals surface area contributed by atoms with Gasteiger partial charge in [-0.1, -0.05) is 45.0 Å².